The maximum atomic E-state index is 7.63. The van der Waals surface area contributed by atoms with Crippen LogP contribution in [0.1, 0.15) is 11.6 Å². The maximum absolute atomic E-state index is 7.63. The van der Waals surface area contributed by atoms with E-state index in [4.69, 9.17) is 84.5 Å². The summed E-state index contributed by atoms with van der Waals surface area (Å²) in [6, 6.07) is 9.20. The highest BCUT2D eigenvalue weighted by atomic mass is 127. The minimum absolute atomic E-state index is 0.0479. The number of benzene rings is 1. The fourth-order valence-corrected chi connectivity index (χ4v) is 3.44. The first-order valence-corrected chi connectivity index (χ1v) is 10.3. The summed E-state index contributed by atoms with van der Waals surface area (Å²) in [7, 11) is 0. The van der Waals surface area contributed by atoms with Crippen molar-refractivity contribution in [2.45, 2.75) is 23.7 Å². The Labute approximate surface area is 188 Å². The predicted molar refractivity (Wildman–Crippen MR) is 114 cm³/mol. The highest BCUT2D eigenvalue weighted by Gasteiger charge is 2.43. The van der Waals surface area contributed by atoms with Crippen LogP contribution in [-0.4, -0.2) is 36.0 Å². The van der Waals surface area contributed by atoms with Gasteiger partial charge in [0.1, 0.15) is 12.7 Å². The minimum Gasteiger partial charge on any atom is -0.474 e. The summed E-state index contributed by atoms with van der Waals surface area (Å²) in [6.45, 7) is -0.0660. The van der Waals surface area contributed by atoms with Crippen LogP contribution in [0.25, 0.3) is 0 Å². The molecule has 138 valence electrons. The standard InChI is InChI=1S/C14H11Cl6IN2O2/c15-13(16,17)11(22)24-6-8-9(21)10(7-4-2-1-3-5-7)23-12(25-8)14(18,19)20/h1-5,8-10,22H,6H2/t8-,9-,10+/m1/s1. The molecule has 11 heteroatoms. The van der Waals surface area contributed by atoms with Gasteiger partial charge in [0.2, 0.25) is 11.8 Å². The van der Waals surface area contributed by atoms with Crippen molar-refractivity contribution in [1.29, 1.82) is 5.41 Å². The van der Waals surface area contributed by atoms with Crippen LogP contribution in [0.3, 0.4) is 0 Å². The number of halogens is 7. The zero-order chi connectivity index (χ0) is 18.8. The maximum Gasteiger partial charge on any atom is 0.266 e. The second kappa shape index (κ2) is 8.76. The molecule has 1 heterocycles. The van der Waals surface area contributed by atoms with E-state index in [2.05, 4.69) is 27.6 Å². The Kier molecular flexibility index (Phi) is 7.68. The van der Waals surface area contributed by atoms with Crippen LogP contribution in [0.15, 0.2) is 35.3 Å². The summed E-state index contributed by atoms with van der Waals surface area (Å²) >= 11 is 36.8. The van der Waals surface area contributed by atoms with Gasteiger partial charge in [-0.25, -0.2) is 4.99 Å². The molecule has 25 heavy (non-hydrogen) atoms. The van der Waals surface area contributed by atoms with E-state index in [0.717, 1.165) is 5.56 Å². The Morgan fingerprint density at radius 3 is 2.28 bits per heavy atom. The van der Waals surface area contributed by atoms with Gasteiger partial charge in [-0.3, -0.25) is 5.41 Å². The van der Waals surface area contributed by atoms with Gasteiger partial charge >= 0.3 is 0 Å². The van der Waals surface area contributed by atoms with Crippen LogP contribution in [0.5, 0.6) is 0 Å². The third-order valence-electron chi connectivity index (χ3n) is 3.21. The molecule has 0 saturated heterocycles. The summed E-state index contributed by atoms with van der Waals surface area (Å²) in [6.07, 6.45) is -0.568. The monoisotopic (exact) mass is 576 g/mol. The Morgan fingerprint density at radius 2 is 1.76 bits per heavy atom. The molecule has 1 aliphatic heterocycles. The topological polar surface area (TPSA) is 54.7 Å². The number of rotatable bonds is 3. The molecule has 0 fully saturated rings. The van der Waals surface area contributed by atoms with Crippen LogP contribution < -0.4 is 0 Å². The molecule has 0 aliphatic carbocycles. The van der Waals surface area contributed by atoms with Crippen molar-refractivity contribution in [1.82, 2.24) is 0 Å². The summed E-state index contributed by atoms with van der Waals surface area (Å²) in [5.74, 6) is -0.563. The zero-order valence-electron chi connectivity index (χ0n) is 12.2. The normalized spacial score (nSPS) is 24.3. The quantitative estimate of drug-likeness (QED) is 0.205. The first-order chi connectivity index (χ1) is 11.5. The Morgan fingerprint density at radius 1 is 1.16 bits per heavy atom. The molecule has 1 aromatic carbocycles. The third kappa shape index (κ3) is 6.06. The van der Waals surface area contributed by atoms with Crippen molar-refractivity contribution in [2.24, 2.45) is 4.99 Å². The summed E-state index contributed by atoms with van der Waals surface area (Å²) in [5, 5.41) is 7.63. The molecule has 0 saturated carbocycles. The molecular weight excluding hydrogens is 568 g/mol. The summed E-state index contributed by atoms with van der Waals surface area (Å²) < 4.78 is 6.95. The Hall–Kier alpha value is 0.630. The van der Waals surface area contributed by atoms with Crippen LogP contribution >= 0.6 is 92.2 Å². The van der Waals surface area contributed by atoms with Crippen LogP contribution in [0, 0.1) is 5.41 Å². The van der Waals surface area contributed by atoms with Gasteiger partial charge in [0.15, 0.2) is 0 Å². The number of hydrogen-bond donors (Lipinski definition) is 1. The molecule has 1 aliphatic rings. The van der Waals surface area contributed by atoms with Gasteiger partial charge in [0, 0.05) is 0 Å². The molecule has 1 N–H and O–H groups in total. The summed E-state index contributed by atoms with van der Waals surface area (Å²) in [4.78, 5) is 4.43. The average molecular weight is 579 g/mol. The van der Waals surface area contributed by atoms with Gasteiger partial charge in [-0.15, -0.1) is 0 Å². The molecule has 0 aromatic heterocycles. The molecule has 2 rings (SSSR count). The van der Waals surface area contributed by atoms with Gasteiger partial charge in [-0.1, -0.05) is 123 Å². The Balaban J connectivity index is 2.24. The van der Waals surface area contributed by atoms with Crippen LogP contribution in [0.4, 0.5) is 0 Å². The van der Waals surface area contributed by atoms with Crippen molar-refractivity contribution < 1.29 is 9.47 Å². The van der Waals surface area contributed by atoms with Gasteiger partial charge in [-0.05, 0) is 5.56 Å². The number of nitrogens with one attached hydrogen (secondary N) is 1. The molecule has 0 radical (unpaired) electrons. The lowest BCUT2D eigenvalue weighted by Gasteiger charge is -2.35. The largest absolute Gasteiger partial charge is 0.474 e. The fourth-order valence-electron chi connectivity index (χ4n) is 2.06. The van der Waals surface area contributed by atoms with Gasteiger partial charge in [0.05, 0.1) is 9.97 Å². The van der Waals surface area contributed by atoms with E-state index in [1.807, 2.05) is 30.3 Å². The second-order valence-electron chi connectivity index (χ2n) is 5.03. The minimum atomic E-state index is -1.96. The summed E-state index contributed by atoms with van der Waals surface area (Å²) in [5.41, 5.74) is 0.929. The van der Waals surface area contributed by atoms with Gasteiger partial charge < -0.3 is 9.47 Å². The smallest absolute Gasteiger partial charge is 0.266 e. The molecule has 0 unspecified atom stereocenters. The lowest BCUT2D eigenvalue weighted by molar-refractivity contribution is 0.0922. The number of ether oxygens (including phenoxy) is 2. The van der Waals surface area contributed by atoms with E-state index in [1.165, 1.54) is 0 Å². The number of aliphatic imine (C=N–C) groups is 1. The van der Waals surface area contributed by atoms with Crippen molar-refractivity contribution in [3.63, 3.8) is 0 Å². The fraction of sp³-hybridized carbons (Fsp3) is 0.429. The molecule has 0 spiro atoms. The van der Waals surface area contributed by atoms with E-state index in [0.29, 0.717) is 0 Å². The van der Waals surface area contributed by atoms with Crippen LogP contribution in [0.2, 0.25) is 0 Å². The molecule has 1 aromatic rings. The first kappa shape index (κ1) is 21.9. The SMILES string of the molecule is N=C(OC[C@H]1OC(C(Cl)(Cl)Cl)=N[C@@H](c2ccccc2)[C@@H]1I)C(Cl)(Cl)Cl. The average Bonchev–Trinajstić information content (AvgIpc) is 2.52. The van der Waals surface area contributed by atoms with Gasteiger partial charge in [0.25, 0.3) is 7.59 Å². The lowest BCUT2D eigenvalue weighted by Crippen LogP contribution is -2.44. The highest BCUT2D eigenvalue weighted by Crippen LogP contribution is 2.40. The van der Waals surface area contributed by atoms with Crippen molar-refractivity contribution in [3.8, 4) is 0 Å². The predicted octanol–water partition coefficient (Wildman–Crippen LogP) is 6.06. The highest BCUT2D eigenvalue weighted by molar-refractivity contribution is 14.1. The lowest BCUT2D eigenvalue weighted by atomic mass is 10.0. The number of hydrogen-bond acceptors (Lipinski definition) is 4. The first-order valence-electron chi connectivity index (χ1n) is 6.79. The zero-order valence-corrected chi connectivity index (χ0v) is 18.9. The van der Waals surface area contributed by atoms with Crippen molar-refractivity contribution in [3.05, 3.63) is 35.9 Å². The van der Waals surface area contributed by atoms with E-state index in [-0.39, 0.29) is 22.5 Å². The van der Waals surface area contributed by atoms with Crippen LogP contribution in [-0.2, 0) is 9.47 Å². The van der Waals surface area contributed by atoms with Crippen molar-refractivity contribution >= 4 is 104 Å². The third-order valence-corrected chi connectivity index (χ3v) is 5.69. The van der Waals surface area contributed by atoms with E-state index in [9.17, 15) is 0 Å². The molecule has 0 amide bonds. The number of nitrogens with zero attached hydrogens (tertiary/aromatic N) is 1. The van der Waals surface area contributed by atoms with E-state index in [1.54, 1.807) is 0 Å². The van der Waals surface area contributed by atoms with E-state index >= 15 is 0 Å². The molecule has 4 nitrogen and oxygen atoms in total. The second-order valence-corrected chi connectivity index (χ2v) is 11.0. The Bertz CT molecular complexity index is 647. The van der Waals surface area contributed by atoms with Gasteiger partial charge in [-0.2, -0.15) is 0 Å². The molecule has 0 bridgehead atoms. The van der Waals surface area contributed by atoms with Crippen molar-refractivity contribution in [2.75, 3.05) is 6.61 Å². The molecule has 3 atom stereocenters. The molecular formula is C14H11Cl6IN2O2. The number of alkyl halides is 7. The van der Waals surface area contributed by atoms with E-state index < -0.39 is 19.6 Å².